The molecule has 26 heavy (non-hydrogen) atoms. The van der Waals surface area contributed by atoms with Gasteiger partial charge in [-0.1, -0.05) is 13.8 Å². The zero-order chi connectivity index (χ0) is 18.1. The Morgan fingerprint density at radius 1 is 1.23 bits per heavy atom. The summed E-state index contributed by atoms with van der Waals surface area (Å²) in [7, 11) is 2.20. The van der Waals surface area contributed by atoms with Crippen molar-refractivity contribution in [3.05, 3.63) is 22.4 Å². The van der Waals surface area contributed by atoms with E-state index in [-0.39, 0.29) is 24.0 Å². The first-order valence-corrected chi connectivity index (χ1v) is 10.5. The van der Waals surface area contributed by atoms with E-state index in [2.05, 4.69) is 65.1 Å². The number of nitrogens with one attached hydrogen (secondary N) is 2. The van der Waals surface area contributed by atoms with Crippen molar-refractivity contribution in [1.29, 1.82) is 0 Å². The lowest BCUT2D eigenvalue weighted by Gasteiger charge is -2.33. The van der Waals surface area contributed by atoms with Crippen molar-refractivity contribution in [3.63, 3.8) is 0 Å². The average Bonchev–Trinajstić information content (AvgIpc) is 3.14. The molecule has 2 heterocycles. The Morgan fingerprint density at radius 2 is 1.96 bits per heavy atom. The molecule has 0 aliphatic carbocycles. The fourth-order valence-corrected chi connectivity index (χ4v) is 3.82. The van der Waals surface area contributed by atoms with Crippen LogP contribution in [0, 0.1) is 5.92 Å². The molecule has 1 aliphatic rings. The third kappa shape index (κ3) is 8.54. The first-order valence-electron chi connectivity index (χ1n) is 9.53. The van der Waals surface area contributed by atoms with Gasteiger partial charge in [-0.2, -0.15) is 11.3 Å². The minimum absolute atomic E-state index is 0. The number of piperazine rings is 1. The smallest absolute Gasteiger partial charge is 0.191 e. The van der Waals surface area contributed by atoms with Crippen LogP contribution in [-0.4, -0.2) is 75.2 Å². The molecule has 0 saturated carbocycles. The van der Waals surface area contributed by atoms with Gasteiger partial charge in [0.25, 0.3) is 0 Å². The highest BCUT2D eigenvalue weighted by Crippen LogP contribution is 2.17. The molecule has 0 spiro atoms. The Balaban J connectivity index is 0.00000338. The first-order chi connectivity index (χ1) is 12.1. The fourth-order valence-electron chi connectivity index (χ4n) is 3.04. The summed E-state index contributed by atoms with van der Waals surface area (Å²) >= 11 is 1.76. The third-order valence-electron chi connectivity index (χ3n) is 4.76. The summed E-state index contributed by atoms with van der Waals surface area (Å²) in [5.74, 6) is 2.01. The number of nitrogens with zero attached hydrogens (tertiary/aromatic N) is 3. The molecule has 1 fully saturated rings. The minimum Gasteiger partial charge on any atom is -0.357 e. The SMILES string of the molecule is CCNC(=NCC(C)CN1CCN(C)CC1)NCC(C)c1ccsc1.I. The number of thiophene rings is 1. The molecule has 7 heteroatoms. The summed E-state index contributed by atoms with van der Waals surface area (Å²) in [6, 6.07) is 2.21. The van der Waals surface area contributed by atoms with Crippen molar-refractivity contribution in [2.45, 2.75) is 26.7 Å². The van der Waals surface area contributed by atoms with E-state index in [1.807, 2.05) is 0 Å². The Labute approximate surface area is 180 Å². The van der Waals surface area contributed by atoms with Crippen molar-refractivity contribution < 1.29 is 0 Å². The number of hydrogen-bond acceptors (Lipinski definition) is 4. The second kappa shape index (κ2) is 12.9. The molecule has 0 radical (unpaired) electrons. The summed E-state index contributed by atoms with van der Waals surface area (Å²) in [6.45, 7) is 15.2. The Bertz CT molecular complexity index is 500. The standard InChI is InChI=1S/C19H35N5S.HI/c1-5-20-19(22-13-17(3)18-6-11-25-15-18)21-12-16(2)14-24-9-7-23(4)8-10-24;/h6,11,15-17H,5,7-10,12-14H2,1-4H3,(H2,20,21,22);1H. The van der Waals surface area contributed by atoms with Crippen LogP contribution in [0.3, 0.4) is 0 Å². The number of hydrogen-bond donors (Lipinski definition) is 2. The third-order valence-corrected chi connectivity index (χ3v) is 5.46. The molecule has 150 valence electrons. The number of guanidine groups is 1. The number of aliphatic imine (C=N–C) groups is 1. The summed E-state index contributed by atoms with van der Waals surface area (Å²) < 4.78 is 0. The average molecular weight is 494 g/mol. The predicted molar refractivity (Wildman–Crippen MR) is 125 cm³/mol. The number of rotatable bonds is 8. The van der Waals surface area contributed by atoms with Gasteiger partial charge in [0.15, 0.2) is 5.96 Å². The molecule has 1 aliphatic heterocycles. The molecule has 2 atom stereocenters. The van der Waals surface area contributed by atoms with Gasteiger partial charge in [-0.15, -0.1) is 24.0 Å². The highest BCUT2D eigenvalue weighted by molar-refractivity contribution is 14.0. The molecule has 1 aromatic heterocycles. The van der Waals surface area contributed by atoms with Gasteiger partial charge in [0.1, 0.15) is 0 Å². The van der Waals surface area contributed by atoms with Gasteiger partial charge in [-0.05, 0) is 48.2 Å². The van der Waals surface area contributed by atoms with E-state index in [0.717, 1.165) is 32.1 Å². The van der Waals surface area contributed by atoms with Crippen molar-refractivity contribution in [2.24, 2.45) is 10.9 Å². The molecule has 0 bridgehead atoms. The second-order valence-electron chi connectivity index (χ2n) is 7.27. The van der Waals surface area contributed by atoms with Crippen LogP contribution in [0.4, 0.5) is 0 Å². The molecule has 1 aromatic rings. The van der Waals surface area contributed by atoms with Crippen LogP contribution in [0.15, 0.2) is 21.8 Å². The molecule has 2 unspecified atom stereocenters. The molecular formula is C19H36IN5S. The van der Waals surface area contributed by atoms with Crippen molar-refractivity contribution >= 4 is 41.3 Å². The maximum Gasteiger partial charge on any atom is 0.191 e. The first kappa shape index (κ1) is 23.7. The molecule has 5 nitrogen and oxygen atoms in total. The van der Waals surface area contributed by atoms with Crippen molar-refractivity contribution in [3.8, 4) is 0 Å². The van der Waals surface area contributed by atoms with Crippen molar-refractivity contribution in [2.75, 3.05) is 59.4 Å². The lowest BCUT2D eigenvalue weighted by Crippen LogP contribution is -2.46. The van der Waals surface area contributed by atoms with Crippen LogP contribution >= 0.6 is 35.3 Å². The lowest BCUT2D eigenvalue weighted by molar-refractivity contribution is 0.140. The number of likely N-dealkylation sites (N-methyl/N-ethyl adjacent to an activating group) is 1. The molecular weight excluding hydrogens is 457 g/mol. The quantitative estimate of drug-likeness (QED) is 0.332. The normalized spacial score (nSPS) is 18.8. The van der Waals surface area contributed by atoms with Crippen LogP contribution in [0.25, 0.3) is 0 Å². The van der Waals surface area contributed by atoms with Gasteiger partial charge in [0.05, 0.1) is 0 Å². The summed E-state index contributed by atoms with van der Waals surface area (Å²) in [6.07, 6.45) is 0. The topological polar surface area (TPSA) is 42.9 Å². The van der Waals surface area contributed by atoms with Gasteiger partial charge in [0.2, 0.25) is 0 Å². The lowest BCUT2D eigenvalue weighted by atomic mass is 10.1. The summed E-state index contributed by atoms with van der Waals surface area (Å²) in [4.78, 5) is 9.78. The van der Waals surface area contributed by atoms with E-state index in [9.17, 15) is 0 Å². The maximum absolute atomic E-state index is 4.81. The minimum atomic E-state index is 0. The summed E-state index contributed by atoms with van der Waals surface area (Å²) in [5, 5.41) is 11.2. The molecule has 0 amide bonds. The van der Waals surface area contributed by atoms with E-state index in [0.29, 0.717) is 11.8 Å². The van der Waals surface area contributed by atoms with Gasteiger partial charge >= 0.3 is 0 Å². The molecule has 0 aromatic carbocycles. The predicted octanol–water partition coefficient (Wildman–Crippen LogP) is 2.91. The number of halogens is 1. The van der Waals surface area contributed by atoms with Crippen LogP contribution in [0.2, 0.25) is 0 Å². The second-order valence-corrected chi connectivity index (χ2v) is 8.05. The highest BCUT2D eigenvalue weighted by Gasteiger charge is 2.16. The van der Waals surface area contributed by atoms with Gasteiger partial charge < -0.3 is 20.4 Å². The monoisotopic (exact) mass is 493 g/mol. The largest absolute Gasteiger partial charge is 0.357 e. The molecule has 1 saturated heterocycles. The Morgan fingerprint density at radius 3 is 2.58 bits per heavy atom. The van der Waals surface area contributed by atoms with Gasteiger partial charge in [0, 0.05) is 52.4 Å². The zero-order valence-corrected chi connectivity index (χ0v) is 19.8. The van der Waals surface area contributed by atoms with Crippen LogP contribution < -0.4 is 10.6 Å². The zero-order valence-electron chi connectivity index (χ0n) is 16.7. The Kier molecular flexibility index (Phi) is 11.7. The molecule has 2 rings (SSSR count). The van der Waals surface area contributed by atoms with Crippen molar-refractivity contribution in [1.82, 2.24) is 20.4 Å². The van der Waals surface area contributed by atoms with E-state index < -0.39 is 0 Å². The highest BCUT2D eigenvalue weighted by atomic mass is 127. The van der Waals surface area contributed by atoms with E-state index in [1.165, 1.54) is 31.7 Å². The summed E-state index contributed by atoms with van der Waals surface area (Å²) in [5.41, 5.74) is 1.40. The van der Waals surface area contributed by atoms with Gasteiger partial charge in [-0.25, -0.2) is 0 Å². The van der Waals surface area contributed by atoms with Crippen LogP contribution in [0.5, 0.6) is 0 Å². The fraction of sp³-hybridized carbons (Fsp3) is 0.737. The van der Waals surface area contributed by atoms with Crippen LogP contribution in [-0.2, 0) is 0 Å². The molecule has 2 N–H and O–H groups in total. The van der Waals surface area contributed by atoms with E-state index in [4.69, 9.17) is 4.99 Å². The van der Waals surface area contributed by atoms with E-state index in [1.54, 1.807) is 11.3 Å². The maximum atomic E-state index is 4.81. The van der Waals surface area contributed by atoms with Crippen LogP contribution in [0.1, 0.15) is 32.3 Å². The van der Waals surface area contributed by atoms with E-state index >= 15 is 0 Å². The van der Waals surface area contributed by atoms with Gasteiger partial charge in [-0.3, -0.25) is 4.99 Å². The Hall–Kier alpha value is -0.380.